The Hall–Kier alpha value is -4.88. The van der Waals surface area contributed by atoms with Crippen LogP contribution >= 0.6 is 11.6 Å². The number of rotatable bonds is 5. The Morgan fingerprint density at radius 1 is 0.952 bits per heavy atom. The minimum Gasteiger partial charge on any atom is -0.497 e. The summed E-state index contributed by atoms with van der Waals surface area (Å²) in [6.07, 6.45) is 3.92. The number of nitrogens with one attached hydrogen (secondary N) is 2. The fourth-order valence-corrected chi connectivity index (χ4v) is 6.95. The van der Waals surface area contributed by atoms with Crippen molar-refractivity contribution in [1.82, 2.24) is 0 Å². The first-order valence-corrected chi connectivity index (χ1v) is 14.0. The van der Waals surface area contributed by atoms with E-state index in [0.29, 0.717) is 33.3 Å². The van der Waals surface area contributed by atoms with E-state index in [4.69, 9.17) is 16.3 Å². The van der Waals surface area contributed by atoms with Crippen molar-refractivity contribution in [3.63, 3.8) is 0 Å². The molecule has 0 bridgehead atoms. The molecule has 3 aliphatic heterocycles. The molecule has 3 heterocycles. The van der Waals surface area contributed by atoms with E-state index in [1.807, 2.05) is 65.6 Å². The standard InChI is InChI=1S/C34H26ClN3O4/c1-42-24-9-6-8-21(19-24)31(39)29-30(32(40)36-23-16-14-22(35)15-17-23)38-27-12-5-2-7-20(27)13-18-28(38)34(29)25-10-3-4-11-26(25)37-33(34)41/h2-19,28-30H,1H3,(H,36,40)(H,37,41)/t28?,29-,30+,34+/m0/s1. The molecule has 7 rings (SSSR count). The molecule has 0 aromatic heterocycles. The first kappa shape index (κ1) is 26.0. The molecule has 4 atom stereocenters. The maximum absolute atomic E-state index is 14.8. The van der Waals surface area contributed by atoms with Crippen LogP contribution in [0.3, 0.4) is 0 Å². The van der Waals surface area contributed by atoms with Gasteiger partial charge >= 0.3 is 0 Å². The number of methoxy groups -OCH3 is 1. The minimum absolute atomic E-state index is 0.314. The summed E-state index contributed by atoms with van der Waals surface area (Å²) >= 11 is 6.10. The lowest BCUT2D eigenvalue weighted by atomic mass is 9.64. The van der Waals surface area contributed by atoms with Crippen molar-refractivity contribution in [2.45, 2.75) is 17.5 Å². The molecule has 4 aromatic carbocycles. The number of hydrogen-bond acceptors (Lipinski definition) is 5. The summed E-state index contributed by atoms with van der Waals surface area (Å²) < 4.78 is 5.42. The van der Waals surface area contributed by atoms with E-state index < -0.39 is 29.3 Å². The Morgan fingerprint density at radius 2 is 1.71 bits per heavy atom. The zero-order valence-corrected chi connectivity index (χ0v) is 23.3. The van der Waals surface area contributed by atoms with E-state index in [1.54, 1.807) is 48.5 Å². The highest BCUT2D eigenvalue weighted by molar-refractivity contribution is 6.30. The Kier molecular flexibility index (Phi) is 6.13. The van der Waals surface area contributed by atoms with Gasteiger partial charge in [-0.25, -0.2) is 0 Å². The van der Waals surface area contributed by atoms with Crippen molar-refractivity contribution < 1.29 is 19.1 Å². The second-order valence-electron chi connectivity index (χ2n) is 10.7. The average molecular weight is 576 g/mol. The highest BCUT2D eigenvalue weighted by Crippen LogP contribution is 2.57. The first-order valence-electron chi connectivity index (χ1n) is 13.6. The topological polar surface area (TPSA) is 87.7 Å². The lowest BCUT2D eigenvalue weighted by molar-refractivity contribution is -0.122. The van der Waals surface area contributed by atoms with Crippen LogP contribution in [-0.2, 0) is 15.0 Å². The van der Waals surface area contributed by atoms with Gasteiger partial charge in [0.15, 0.2) is 5.78 Å². The van der Waals surface area contributed by atoms with Crippen molar-refractivity contribution >= 4 is 52.3 Å². The molecule has 0 saturated carbocycles. The van der Waals surface area contributed by atoms with E-state index >= 15 is 0 Å². The van der Waals surface area contributed by atoms with E-state index in [9.17, 15) is 14.4 Å². The number of ketones is 1. The van der Waals surface area contributed by atoms with Crippen LogP contribution in [0.4, 0.5) is 17.1 Å². The normalized spacial score (nSPS) is 23.1. The highest BCUT2D eigenvalue weighted by atomic mass is 35.5. The summed E-state index contributed by atoms with van der Waals surface area (Å²) in [5.74, 6) is -1.61. The number of para-hydroxylation sites is 2. The van der Waals surface area contributed by atoms with Crippen LogP contribution in [-0.4, -0.2) is 36.8 Å². The van der Waals surface area contributed by atoms with Gasteiger partial charge in [0.25, 0.3) is 0 Å². The molecule has 4 aromatic rings. The molecule has 0 aliphatic carbocycles. The number of anilines is 3. The van der Waals surface area contributed by atoms with Crippen molar-refractivity contribution in [3.8, 4) is 5.75 Å². The van der Waals surface area contributed by atoms with Gasteiger partial charge in [-0.3, -0.25) is 14.4 Å². The zero-order chi connectivity index (χ0) is 29.0. The number of carbonyl (C=O) groups excluding carboxylic acids is 3. The summed E-state index contributed by atoms with van der Waals surface area (Å²) in [6, 6.07) is 27.1. The third kappa shape index (κ3) is 3.77. The molecule has 42 heavy (non-hydrogen) atoms. The Labute approximate surface area is 247 Å². The van der Waals surface area contributed by atoms with Gasteiger partial charge in [-0.05, 0) is 59.7 Å². The van der Waals surface area contributed by atoms with Crippen molar-refractivity contribution in [1.29, 1.82) is 0 Å². The summed E-state index contributed by atoms with van der Waals surface area (Å²) in [7, 11) is 1.53. The number of Topliss-reactive ketones (excluding diaryl/α,β-unsaturated/α-hetero) is 1. The summed E-state index contributed by atoms with van der Waals surface area (Å²) in [6.45, 7) is 0. The van der Waals surface area contributed by atoms with Crippen LogP contribution < -0.4 is 20.3 Å². The molecule has 1 unspecified atom stereocenters. The van der Waals surface area contributed by atoms with Gasteiger partial charge in [0.05, 0.1) is 19.1 Å². The summed E-state index contributed by atoms with van der Waals surface area (Å²) in [5.41, 5.74) is 2.51. The van der Waals surface area contributed by atoms with Crippen LogP contribution in [0, 0.1) is 5.92 Å². The number of amides is 2. The third-order valence-corrected chi connectivity index (χ3v) is 8.81. The smallest absolute Gasteiger partial charge is 0.247 e. The molecule has 0 radical (unpaired) electrons. The van der Waals surface area contributed by atoms with Gasteiger partial charge in [-0.1, -0.05) is 72.3 Å². The first-order chi connectivity index (χ1) is 20.4. The second kappa shape index (κ2) is 9.89. The number of hydrogen-bond donors (Lipinski definition) is 2. The van der Waals surface area contributed by atoms with Crippen molar-refractivity contribution in [2.24, 2.45) is 5.92 Å². The lowest BCUT2D eigenvalue weighted by Gasteiger charge is -2.37. The SMILES string of the molecule is COc1cccc(C(=O)[C@@H]2[C@H](C(=O)Nc3ccc(Cl)cc3)N3c4ccccc4C=CC3[C@@]23C(=O)Nc2ccccc23)c1. The Morgan fingerprint density at radius 3 is 2.52 bits per heavy atom. The largest absolute Gasteiger partial charge is 0.497 e. The Balaban J connectivity index is 1.48. The third-order valence-electron chi connectivity index (χ3n) is 8.56. The van der Waals surface area contributed by atoms with Gasteiger partial charge in [0.1, 0.15) is 17.2 Å². The van der Waals surface area contributed by atoms with Gasteiger partial charge in [0, 0.05) is 27.6 Å². The number of fused-ring (bicyclic) bond motifs is 6. The average Bonchev–Trinajstić information content (AvgIpc) is 3.50. The molecule has 2 amide bonds. The van der Waals surface area contributed by atoms with Gasteiger partial charge in [-0.15, -0.1) is 0 Å². The number of carbonyl (C=O) groups is 3. The van der Waals surface area contributed by atoms with Crippen LogP contribution in [0.25, 0.3) is 6.08 Å². The minimum atomic E-state index is -1.39. The summed E-state index contributed by atoms with van der Waals surface area (Å²) in [5, 5.41) is 6.58. The predicted molar refractivity (Wildman–Crippen MR) is 163 cm³/mol. The number of ether oxygens (including phenoxy) is 1. The van der Waals surface area contributed by atoms with Crippen LogP contribution in [0.5, 0.6) is 5.75 Å². The molecule has 3 aliphatic rings. The molecule has 1 spiro atoms. The molecular formula is C34H26ClN3O4. The Bertz CT molecular complexity index is 1790. The monoisotopic (exact) mass is 575 g/mol. The molecule has 7 nitrogen and oxygen atoms in total. The van der Waals surface area contributed by atoms with E-state index in [1.165, 1.54) is 7.11 Å². The molecule has 208 valence electrons. The van der Waals surface area contributed by atoms with E-state index in [-0.39, 0.29) is 11.7 Å². The number of halogens is 1. The van der Waals surface area contributed by atoms with E-state index in [0.717, 1.165) is 11.3 Å². The lowest BCUT2D eigenvalue weighted by Crippen LogP contribution is -2.51. The zero-order valence-electron chi connectivity index (χ0n) is 22.6. The van der Waals surface area contributed by atoms with Crippen LogP contribution in [0.2, 0.25) is 5.02 Å². The van der Waals surface area contributed by atoms with Gasteiger partial charge in [-0.2, -0.15) is 0 Å². The van der Waals surface area contributed by atoms with Crippen molar-refractivity contribution in [2.75, 3.05) is 22.6 Å². The molecule has 1 fully saturated rings. The van der Waals surface area contributed by atoms with Crippen molar-refractivity contribution in [3.05, 3.63) is 125 Å². The fraction of sp³-hybridized carbons (Fsp3) is 0.147. The predicted octanol–water partition coefficient (Wildman–Crippen LogP) is 5.96. The maximum atomic E-state index is 14.8. The molecule has 2 N–H and O–H groups in total. The summed E-state index contributed by atoms with van der Waals surface area (Å²) in [4.78, 5) is 45.6. The number of benzene rings is 4. The molecule has 8 heteroatoms. The quantitative estimate of drug-likeness (QED) is 0.287. The molecular weight excluding hydrogens is 550 g/mol. The van der Waals surface area contributed by atoms with E-state index in [2.05, 4.69) is 10.6 Å². The second-order valence-corrected chi connectivity index (χ2v) is 11.1. The number of nitrogens with zero attached hydrogens (tertiary/aromatic N) is 1. The van der Waals surface area contributed by atoms with Gasteiger partial charge in [0.2, 0.25) is 11.8 Å². The van der Waals surface area contributed by atoms with Gasteiger partial charge < -0.3 is 20.3 Å². The highest BCUT2D eigenvalue weighted by Gasteiger charge is 2.70. The fourth-order valence-electron chi connectivity index (χ4n) is 6.83. The van der Waals surface area contributed by atoms with Crippen LogP contribution in [0.15, 0.2) is 103 Å². The van der Waals surface area contributed by atoms with Crippen LogP contribution in [0.1, 0.15) is 21.5 Å². The maximum Gasteiger partial charge on any atom is 0.247 e. The molecule has 1 saturated heterocycles.